The van der Waals surface area contributed by atoms with E-state index >= 15 is 0 Å². The Morgan fingerprint density at radius 3 is 1.66 bits per heavy atom. The van der Waals surface area contributed by atoms with Crippen LogP contribution in [0.4, 0.5) is 0 Å². The largest absolute Gasteiger partial charge is 0.497 e. The third-order valence-corrected chi connectivity index (χ3v) is 7.17. The molecule has 0 radical (unpaired) electrons. The summed E-state index contributed by atoms with van der Waals surface area (Å²) < 4.78 is 29.2. The van der Waals surface area contributed by atoms with Crippen molar-refractivity contribution in [3.8, 4) is 33.8 Å². The molecule has 0 N–H and O–H groups in total. The molecule has 1 aliphatic heterocycles. The van der Waals surface area contributed by atoms with Gasteiger partial charge in [0.05, 0.1) is 26.9 Å². The van der Waals surface area contributed by atoms with E-state index in [1.165, 1.54) is 0 Å². The molecule has 38 heavy (non-hydrogen) atoms. The van der Waals surface area contributed by atoms with Crippen molar-refractivity contribution < 1.29 is 23.7 Å². The molecular formula is C33H34O5. The van der Waals surface area contributed by atoms with Crippen LogP contribution in [0.1, 0.15) is 23.7 Å². The van der Waals surface area contributed by atoms with Gasteiger partial charge in [0.25, 0.3) is 0 Å². The molecule has 0 unspecified atom stereocenters. The SMILES string of the molecule is COc1ccc(-c2ccccc2C(OC[C@H]2OCC[C@@H]2OC)c2ccccc2-c2ccc(OC)cc2)cc1. The zero-order valence-electron chi connectivity index (χ0n) is 22.1. The first-order valence-electron chi connectivity index (χ1n) is 12.9. The molecule has 0 aromatic heterocycles. The van der Waals surface area contributed by atoms with Gasteiger partial charge in [0.1, 0.15) is 23.7 Å². The first-order chi connectivity index (χ1) is 18.7. The molecule has 5 rings (SSSR count). The highest BCUT2D eigenvalue weighted by Crippen LogP contribution is 2.39. The Morgan fingerprint density at radius 2 is 1.18 bits per heavy atom. The molecule has 0 saturated carbocycles. The summed E-state index contributed by atoms with van der Waals surface area (Å²) in [7, 11) is 5.10. The Kier molecular flexibility index (Phi) is 8.39. The molecule has 2 atom stereocenters. The second-order valence-corrected chi connectivity index (χ2v) is 9.32. The summed E-state index contributed by atoms with van der Waals surface area (Å²) in [5, 5.41) is 0. The van der Waals surface area contributed by atoms with Gasteiger partial charge >= 0.3 is 0 Å². The maximum atomic E-state index is 6.79. The summed E-state index contributed by atoms with van der Waals surface area (Å²) in [6.07, 6.45) is 0.474. The lowest BCUT2D eigenvalue weighted by molar-refractivity contribution is -0.0519. The van der Waals surface area contributed by atoms with Gasteiger partial charge in [0, 0.05) is 13.7 Å². The zero-order chi connectivity index (χ0) is 26.3. The fourth-order valence-electron chi connectivity index (χ4n) is 5.11. The average molecular weight is 511 g/mol. The summed E-state index contributed by atoms with van der Waals surface area (Å²) in [6.45, 7) is 1.11. The van der Waals surface area contributed by atoms with Crippen LogP contribution in [0.25, 0.3) is 22.3 Å². The number of hydrogen-bond acceptors (Lipinski definition) is 5. The Bertz CT molecular complexity index is 1230. The van der Waals surface area contributed by atoms with Gasteiger partial charge in [-0.25, -0.2) is 0 Å². The molecule has 196 valence electrons. The third kappa shape index (κ3) is 5.60. The second kappa shape index (κ2) is 12.3. The minimum absolute atomic E-state index is 0.0318. The quantitative estimate of drug-likeness (QED) is 0.231. The van der Waals surface area contributed by atoms with E-state index in [1.807, 2.05) is 24.3 Å². The molecule has 5 heteroatoms. The molecule has 0 amide bonds. The minimum Gasteiger partial charge on any atom is -0.497 e. The van der Waals surface area contributed by atoms with Gasteiger partial charge < -0.3 is 23.7 Å². The Labute approximate surface area is 224 Å². The first kappa shape index (κ1) is 26.0. The first-order valence-corrected chi connectivity index (χ1v) is 12.9. The van der Waals surface area contributed by atoms with Crippen LogP contribution in [0.3, 0.4) is 0 Å². The van der Waals surface area contributed by atoms with Crippen LogP contribution in [0.2, 0.25) is 0 Å². The molecule has 0 aliphatic carbocycles. The lowest BCUT2D eigenvalue weighted by atomic mass is 9.88. The van der Waals surface area contributed by atoms with E-state index in [0.29, 0.717) is 13.2 Å². The average Bonchev–Trinajstić information content (AvgIpc) is 3.45. The van der Waals surface area contributed by atoms with Crippen molar-refractivity contribution >= 4 is 0 Å². The predicted molar refractivity (Wildman–Crippen MR) is 150 cm³/mol. The Balaban J connectivity index is 1.59. The summed E-state index contributed by atoms with van der Waals surface area (Å²) in [5.41, 5.74) is 6.60. The van der Waals surface area contributed by atoms with E-state index in [9.17, 15) is 0 Å². The van der Waals surface area contributed by atoms with Crippen LogP contribution < -0.4 is 9.47 Å². The van der Waals surface area contributed by atoms with Crippen molar-refractivity contribution in [3.05, 3.63) is 108 Å². The molecule has 1 fully saturated rings. The Hall–Kier alpha value is -3.64. The molecule has 4 aromatic rings. The van der Waals surface area contributed by atoms with Crippen molar-refractivity contribution in [3.63, 3.8) is 0 Å². The van der Waals surface area contributed by atoms with Gasteiger partial charge in [0.2, 0.25) is 0 Å². The number of hydrogen-bond donors (Lipinski definition) is 0. The smallest absolute Gasteiger partial charge is 0.118 e. The number of rotatable bonds is 10. The maximum Gasteiger partial charge on any atom is 0.118 e. The topological polar surface area (TPSA) is 46.2 Å². The van der Waals surface area contributed by atoms with Crippen LogP contribution in [0.15, 0.2) is 97.1 Å². The maximum absolute atomic E-state index is 6.79. The lowest BCUT2D eigenvalue weighted by Crippen LogP contribution is -2.29. The van der Waals surface area contributed by atoms with Gasteiger partial charge in [-0.1, -0.05) is 72.8 Å². The van der Waals surface area contributed by atoms with Crippen molar-refractivity contribution in [2.45, 2.75) is 24.7 Å². The fraction of sp³-hybridized carbons (Fsp3) is 0.273. The predicted octanol–water partition coefficient (Wildman–Crippen LogP) is 6.95. The molecule has 5 nitrogen and oxygen atoms in total. The van der Waals surface area contributed by atoms with Crippen molar-refractivity contribution in [2.75, 3.05) is 34.5 Å². The highest BCUT2D eigenvalue weighted by atomic mass is 16.6. The second-order valence-electron chi connectivity index (χ2n) is 9.32. The van der Waals surface area contributed by atoms with E-state index < -0.39 is 0 Å². The van der Waals surface area contributed by atoms with Gasteiger partial charge in [-0.2, -0.15) is 0 Å². The van der Waals surface area contributed by atoms with Crippen molar-refractivity contribution in [1.29, 1.82) is 0 Å². The highest BCUT2D eigenvalue weighted by Gasteiger charge is 2.31. The van der Waals surface area contributed by atoms with Crippen LogP contribution in [0.5, 0.6) is 11.5 Å². The molecule has 1 heterocycles. The fourth-order valence-corrected chi connectivity index (χ4v) is 5.11. The zero-order valence-corrected chi connectivity index (χ0v) is 22.1. The van der Waals surface area contributed by atoms with E-state index in [0.717, 1.165) is 51.3 Å². The molecule has 1 aliphatic rings. The summed E-state index contributed by atoms with van der Waals surface area (Å²) in [4.78, 5) is 0. The molecule has 0 spiro atoms. The Morgan fingerprint density at radius 1 is 0.684 bits per heavy atom. The van der Waals surface area contributed by atoms with Gasteiger partial charge in [-0.3, -0.25) is 0 Å². The van der Waals surface area contributed by atoms with Crippen molar-refractivity contribution in [1.82, 2.24) is 0 Å². The minimum atomic E-state index is -0.326. The van der Waals surface area contributed by atoms with Gasteiger partial charge in [0.15, 0.2) is 0 Å². The molecular weight excluding hydrogens is 476 g/mol. The third-order valence-electron chi connectivity index (χ3n) is 7.17. The normalized spacial score (nSPS) is 17.1. The van der Waals surface area contributed by atoms with E-state index in [2.05, 4.69) is 72.8 Å². The number of methoxy groups -OCH3 is 3. The summed E-state index contributed by atoms with van der Waals surface area (Å²) >= 11 is 0. The van der Waals surface area contributed by atoms with E-state index in [4.69, 9.17) is 23.7 Å². The van der Waals surface area contributed by atoms with Crippen LogP contribution in [-0.4, -0.2) is 46.8 Å². The van der Waals surface area contributed by atoms with E-state index in [1.54, 1.807) is 21.3 Å². The van der Waals surface area contributed by atoms with Gasteiger partial charge in [-0.15, -0.1) is 0 Å². The van der Waals surface area contributed by atoms with Crippen LogP contribution in [-0.2, 0) is 14.2 Å². The number of benzene rings is 4. The summed E-state index contributed by atoms with van der Waals surface area (Å²) in [6, 6.07) is 33.2. The highest BCUT2D eigenvalue weighted by molar-refractivity contribution is 5.73. The van der Waals surface area contributed by atoms with Crippen molar-refractivity contribution in [2.24, 2.45) is 0 Å². The molecule has 4 aromatic carbocycles. The standard InChI is InChI=1S/C33H34O5/c1-34-25-16-12-23(13-17-25)27-8-4-6-10-29(27)33(38-22-32-31(36-3)20-21-37-32)30-11-7-5-9-28(30)24-14-18-26(35-2)19-15-24/h4-19,31-33H,20-22H2,1-3H3/t31-,32+/m0/s1. The number of ether oxygens (including phenoxy) is 5. The van der Waals surface area contributed by atoms with Gasteiger partial charge in [-0.05, 0) is 64.1 Å². The van der Waals surface area contributed by atoms with Crippen LogP contribution in [0, 0.1) is 0 Å². The lowest BCUT2D eigenvalue weighted by Gasteiger charge is -2.27. The monoisotopic (exact) mass is 510 g/mol. The molecule has 0 bridgehead atoms. The summed E-state index contributed by atoms with van der Waals surface area (Å²) in [5.74, 6) is 1.65. The molecule has 1 saturated heterocycles. The van der Waals surface area contributed by atoms with E-state index in [-0.39, 0.29) is 18.3 Å². The van der Waals surface area contributed by atoms with Crippen LogP contribution >= 0.6 is 0 Å².